The van der Waals surface area contributed by atoms with Crippen LogP contribution in [0.25, 0.3) is 0 Å². The van der Waals surface area contributed by atoms with E-state index in [4.69, 9.17) is 11.6 Å². The van der Waals surface area contributed by atoms with Gasteiger partial charge in [0.1, 0.15) is 0 Å². The molecule has 2 saturated carbocycles. The molecule has 9 heteroatoms. The number of aromatic nitrogens is 1. The summed E-state index contributed by atoms with van der Waals surface area (Å²) in [5.41, 5.74) is 2.88. The van der Waals surface area contributed by atoms with E-state index < -0.39 is 0 Å². The van der Waals surface area contributed by atoms with Crippen molar-refractivity contribution in [1.29, 1.82) is 0 Å². The molecule has 184 valence electrons. The number of benzene rings is 2. The molecule has 2 aliphatic carbocycles. The van der Waals surface area contributed by atoms with Crippen molar-refractivity contribution in [1.82, 2.24) is 4.98 Å². The van der Waals surface area contributed by atoms with Gasteiger partial charge in [-0.15, -0.1) is 11.8 Å². The first kappa shape index (κ1) is 22.6. The molecule has 6 nitrogen and oxygen atoms in total. The number of imide groups is 1. The third-order valence-corrected chi connectivity index (χ3v) is 11.4. The first-order valence-corrected chi connectivity index (χ1v) is 14.2. The van der Waals surface area contributed by atoms with Gasteiger partial charge in [0.05, 0.1) is 22.5 Å². The molecule has 1 aromatic heterocycles. The number of thioether (sulfide) groups is 1. The Morgan fingerprint density at radius 2 is 1.61 bits per heavy atom. The van der Waals surface area contributed by atoms with Crippen LogP contribution in [0, 0.1) is 29.6 Å². The van der Waals surface area contributed by atoms with Crippen molar-refractivity contribution in [2.45, 2.75) is 22.6 Å². The zero-order valence-electron chi connectivity index (χ0n) is 19.7. The van der Waals surface area contributed by atoms with Gasteiger partial charge in [-0.1, -0.05) is 35.1 Å². The van der Waals surface area contributed by atoms with Gasteiger partial charge in [-0.3, -0.25) is 19.3 Å². The van der Waals surface area contributed by atoms with Crippen LogP contribution in [0.1, 0.15) is 22.8 Å². The Hall–Kier alpha value is -2.55. The molecule has 36 heavy (non-hydrogen) atoms. The summed E-state index contributed by atoms with van der Waals surface area (Å²) in [6, 6.07) is 15.5. The first-order valence-electron chi connectivity index (χ1n) is 12.1. The minimum Gasteiger partial charge on any atom is -0.378 e. The Bertz CT molecular complexity index is 1450. The highest BCUT2D eigenvalue weighted by atomic mass is 35.5. The summed E-state index contributed by atoms with van der Waals surface area (Å²) in [6.45, 7) is 0. The molecule has 3 heterocycles. The number of carbonyl (C=O) groups is 2. The maximum atomic E-state index is 13.8. The maximum absolute atomic E-state index is 13.8. The number of anilines is 2. The minimum absolute atomic E-state index is 0.0369. The minimum atomic E-state index is -0.305. The molecule has 2 amide bonds. The van der Waals surface area contributed by atoms with E-state index in [-0.39, 0.29) is 57.4 Å². The normalized spacial score (nSPS) is 32.0. The SMILES string of the molecule is CN(C)c1ccc([C@@H]2c3sc(=O)[nH]c3S[C@@H]3[C@@H]4C[C@H]([C@H]5C(=O)N(c6ccc(Cl)cc6)C(=O)[C@H]45)[C@H]23)cc1. The Balaban J connectivity index is 1.31. The predicted octanol–water partition coefficient (Wildman–Crippen LogP) is 4.83. The highest BCUT2D eigenvalue weighted by Crippen LogP contribution is 2.68. The molecule has 2 bridgehead atoms. The number of hydrogen-bond acceptors (Lipinski definition) is 6. The average molecular weight is 538 g/mol. The molecule has 3 aromatic rings. The molecule has 0 radical (unpaired) electrons. The fraction of sp³-hybridized carbons (Fsp3) is 0.370. The second-order valence-electron chi connectivity index (χ2n) is 10.4. The van der Waals surface area contributed by atoms with Crippen LogP contribution in [-0.4, -0.2) is 36.1 Å². The van der Waals surface area contributed by atoms with E-state index in [0.717, 1.165) is 22.0 Å². The van der Waals surface area contributed by atoms with Crippen LogP contribution >= 0.6 is 34.7 Å². The largest absolute Gasteiger partial charge is 0.378 e. The molecule has 7 atom stereocenters. The van der Waals surface area contributed by atoms with E-state index in [1.165, 1.54) is 21.8 Å². The lowest BCUT2D eigenvalue weighted by atomic mass is 9.68. The molecule has 0 unspecified atom stereocenters. The van der Waals surface area contributed by atoms with E-state index in [2.05, 4.69) is 34.1 Å². The van der Waals surface area contributed by atoms with Crippen molar-refractivity contribution >= 4 is 57.9 Å². The zero-order valence-corrected chi connectivity index (χ0v) is 22.1. The second-order valence-corrected chi connectivity index (χ2v) is 13.1. The lowest BCUT2D eigenvalue weighted by molar-refractivity contribution is -0.123. The van der Waals surface area contributed by atoms with Crippen molar-refractivity contribution in [3.63, 3.8) is 0 Å². The molecule has 4 aliphatic rings. The van der Waals surface area contributed by atoms with Gasteiger partial charge in [0.2, 0.25) is 11.8 Å². The van der Waals surface area contributed by atoms with Gasteiger partial charge >= 0.3 is 4.87 Å². The molecule has 1 saturated heterocycles. The summed E-state index contributed by atoms with van der Waals surface area (Å²) < 4.78 is 0. The Morgan fingerprint density at radius 1 is 0.944 bits per heavy atom. The Kier molecular flexibility index (Phi) is 5.01. The number of nitrogens with one attached hydrogen (secondary N) is 1. The van der Waals surface area contributed by atoms with Crippen molar-refractivity contribution < 1.29 is 9.59 Å². The van der Waals surface area contributed by atoms with E-state index in [9.17, 15) is 14.4 Å². The first-order chi connectivity index (χ1) is 17.3. The maximum Gasteiger partial charge on any atom is 0.305 e. The van der Waals surface area contributed by atoms with Crippen molar-refractivity contribution in [2.24, 2.45) is 29.6 Å². The van der Waals surface area contributed by atoms with Crippen LogP contribution in [0.2, 0.25) is 5.02 Å². The highest BCUT2D eigenvalue weighted by molar-refractivity contribution is 8.00. The number of rotatable bonds is 3. The highest BCUT2D eigenvalue weighted by Gasteiger charge is 2.69. The van der Waals surface area contributed by atoms with E-state index in [1.807, 2.05) is 14.1 Å². The number of amides is 2. The van der Waals surface area contributed by atoms with Crippen LogP contribution in [0.15, 0.2) is 58.4 Å². The van der Waals surface area contributed by atoms with Crippen molar-refractivity contribution in [2.75, 3.05) is 23.9 Å². The number of fused-ring (bicyclic) bond motifs is 9. The standard InChI is InChI=1S/C27H24ClN3O3S2/c1-30(2)14-7-3-12(4-8-14)18-19-16-11-17(22(19)35-24-23(18)36-27(34)29-24)21-20(16)25(32)31(26(21)33)15-9-5-13(28)6-10-15/h3-10,16-22H,11H2,1-2H3,(H,29,34)/t16-,17+,18-,19+,20+,21+,22+/m0/s1. The van der Waals surface area contributed by atoms with Crippen LogP contribution in [0.4, 0.5) is 11.4 Å². The van der Waals surface area contributed by atoms with Crippen LogP contribution in [0.3, 0.4) is 0 Å². The Morgan fingerprint density at radius 3 is 2.28 bits per heavy atom. The summed E-state index contributed by atoms with van der Waals surface area (Å²) in [5, 5.41) is 1.70. The summed E-state index contributed by atoms with van der Waals surface area (Å²) in [4.78, 5) is 47.4. The number of hydrogen-bond donors (Lipinski definition) is 1. The predicted molar refractivity (Wildman–Crippen MR) is 143 cm³/mol. The number of halogens is 1. The average Bonchev–Trinajstić information content (AvgIpc) is 3.59. The van der Waals surface area contributed by atoms with Gasteiger partial charge in [-0.05, 0) is 66.1 Å². The lowest BCUT2D eigenvalue weighted by Crippen LogP contribution is -2.42. The fourth-order valence-electron chi connectivity index (χ4n) is 7.21. The van der Waals surface area contributed by atoms with E-state index in [0.29, 0.717) is 10.7 Å². The molecule has 7 rings (SSSR count). The Labute approximate surface area is 221 Å². The van der Waals surface area contributed by atoms with Crippen molar-refractivity contribution in [3.05, 3.63) is 73.7 Å². The number of aromatic amines is 1. The molecule has 3 fully saturated rings. The van der Waals surface area contributed by atoms with Gasteiger partial charge in [-0.25, -0.2) is 0 Å². The van der Waals surface area contributed by atoms with Gasteiger partial charge < -0.3 is 9.88 Å². The number of carbonyl (C=O) groups excluding carboxylic acids is 2. The van der Waals surface area contributed by atoms with Crippen LogP contribution in [-0.2, 0) is 9.59 Å². The molecule has 2 aliphatic heterocycles. The fourth-order valence-corrected chi connectivity index (χ4v) is 10.2. The van der Waals surface area contributed by atoms with Gasteiger partial charge in [-0.2, -0.15) is 0 Å². The summed E-state index contributed by atoms with van der Waals surface area (Å²) >= 11 is 9.06. The third kappa shape index (κ3) is 3.07. The van der Waals surface area contributed by atoms with E-state index in [1.54, 1.807) is 36.0 Å². The third-order valence-electron chi connectivity index (χ3n) is 8.58. The smallest absolute Gasteiger partial charge is 0.305 e. The van der Waals surface area contributed by atoms with Crippen LogP contribution < -0.4 is 14.7 Å². The van der Waals surface area contributed by atoms with Gasteiger partial charge in [0.25, 0.3) is 0 Å². The summed E-state index contributed by atoms with van der Waals surface area (Å²) in [7, 11) is 4.03. The number of thiazole rings is 1. The topological polar surface area (TPSA) is 73.5 Å². The molecule has 2 aromatic carbocycles. The zero-order chi connectivity index (χ0) is 24.9. The monoisotopic (exact) mass is 537 g/mol. The van der Waals surface area contributed by atoms with Gasteiger partial charge in [0, 0.05) is 40.9 Å². The second kappa shape index (κ2) is 7.97. The lowest BCUT2D eigenvalue weighted by Gasteiger charge is -2.43. The number of nitrogens with zero attached hydrogens (tertiary/aromatic N) is 2. The van der Waals surface area contributed by atoms with Gasteiger partial charge in [0.15, 0.2) is 0 Å². The molecular weight excluding hydrogens is 514 g/mol. The quantitative estimate of drug-likeness (QED) is 0.484. The number of H-pyrrole nitrogens is 1. The van der Waals surface area contributed by atoms with Crippen molar-refractivity contribution in [3.8, 4) is 0 Å². The summed E-state index contributed by atoms with van der Waals surface area (Å²) in [5.74, 6) is -0.314. The van der Waals surface area contributed by atoms with Crippen LogP contribution in [0.5, 0.6) is 0 Å². The molecule has 1 N–H and O–H groups in total. The summed E-state index contributed by atoms with van der Waals surface area (Å²) in [6.07, 6.45) is 0.884. The molecular formula is C27H24ClN3O3S2. The molecule has 0 spiro atoms. The van der Waals surface area contributed by atoms with E-state index >= 15 is 0 Å².